The van der Waals surface area contributed by atoms with Crippen molar-refractivity contribution in [1.29, 1.82) is 0 Å². The summed E-state index contributed by atoms with van der Waals surface area (Å²) in [5.41, 5.74) is 0.0748. The summed E-state index contributed by atoms with van der Waals surface area (Å²) in [5.74, 6) is 0.0295. The smallest absolute Gasteiger partial charge is 0.225 e. The highest BCUT2D eigenvalue weighted by atomic mass is 16.3. The zero-order valence-corrected chi connectivity index (χ0v) is 14.4. The van der Waals surface area contributed by atoms with E-state index in [9.17, 15) is 9.90 Å². The zero-order valence-electron chi connectivity index (χ0n) is 14.4. The number of likely N-dealkylation sites (N-methyl/N-ethyl adjacent to an activating group) is 1. The van der Waals surface area contributed by atoms with Gasteiger partial charge in [-0.2, -0.15) is 0 Å². The molecule has 0 bridgehead atoms. The highest BCUT2D eigenvalue weighted by Gasteiger charge is 2.33. The number of rotatable bonds is 7. The first-order valence-electron chi connectivity index (χ1n) is 8.53. The first-order valence-corrected chi connectivity index (χ1v) is 8.53. The quantitative estimate of drug-likeness (QED) is 0.836. The Labute approximate surface area is 139 Å². The Hall–Kier alpha value is -1.46. The van der Waals surface area contributed by atoms with Gasteiger partial charge in [0.05, 0.1) is 24.3 Å². The summed E-state index contributed by atoms with van der Waals surface area (Å²) in [6.45, 7) is 1.96. The average Bonchev–Trinajstić information content (AvgIpc) is 2.52. The predicted molar refractivity (Wildman–Crippen MR) is 90.9 cm³/mol. The van der Waals surface area contributed by atoms with Crippen molar-refractivity contribution in [3.05, 3.63) is 30.1 Å². The summed E-state index contributed by atoms with van der Waals surface area (Å²) in [6.07, 6.45) is 6.65. The van der Waals surface area contributed by atoms with E-state index in [1.807, 2.05) is 37.2 Å². The van der Waals surface area contributed by atoms with Crippen LogP contribution in [0, 0.1) is 0 Å². The highest BCUT2D eigenvalue weighted by molar-refractivity contribution is 5.77. The summed E-state index contributed by atoms with van der Waals surface area (Å²) in [4.78, 5) is 21.0. The number of carbonyl (C=O) groups excluding carboxylic acids is 1. The minimum atomic E-state index is -0.810. The van der Waals surface area contributed by atoms with E-state index in [0.717, 1.165) is 44.3 Å². The molecule has 0 aliphatic heterocycles. The second-order valence-electron chi connectivity index (χ2n) is 6.90. The third kappa shape index (κ3) is 5.92. The van der Waals surface area contributed by atoms with Crippen LogP contribution >= 0.6 is 0 Å². The number of pyridine rings is 1. The van der Waals surface area contributed by atoms with Crippen LogP contribution in [0.3, 0.4) is 0 Å². The van der Waals surface area contributed by atoms with Crippen molar-refractivity contribution in [2.45, 2.75) is 50.7 Å². The van der Waals surface area contributed by atoms with Gasteiger partial charge >= 0.3 is 0 Å². The standard InChI is InChI=1S/C18H29N3O2/c1-20(2)12-13-21(15-16-8-4-7-11-19-16)17(22)14-18(23)9-5-3-6-10-18/h4,7-8,11,23H,3,5-6,9-10,12-15H2,1-2H3. The van der Waals surface area contributed by atoms with Gasteiger partial charge in [0.1, 0.15) is 0 Å². The molecule has 23 heavy (non-hydrogen) atoms. The summed E-state index contributed by atoms with van der Waals surface area (Å²) >= 11 is 0. The molecule has 0 atom stereocenters. The van der Waals surface area contributed by atoms with Gasteiger partial charge < -0.3 is 14.9 Å². The van der Waals surface area contributed by atoms with Crippen LogP contribution in [0.1, 0.15) is 44.2 Å². The van der Waals surface area contributed by atoms with Crippen LogP contribution in [0.15, 0.2) is 24.4 Å². The van der Waals surface area contributed by atoms with Gasteiger partial charge in [0.2, 0.25) is 5.91 Å². The van der Waals surface area contributed by atoms with Crippen LogP contribution < -0.4 is 0 Å². The van der Waals surface area contributed by atoms with Crippen LogP contribution in [-0.4, -0.2) is 58.6 Å². The molecule has 2 rings (SSSR count). The Morgan fingerprint density at radius 1 is 1.22 bits per heavy atom. The molecule has 1 aromatic heterocycles. The van der Waals surface area contributed by atoms with E-state index in [2.05, 4.69) is 9.88 Å². The maximum atomic E-state index is 12.8. The Kier molecular flexibility index (Phi) is 6.54. The van der Waals surface area contributed by atoms with Gasteiger partial charge in [-0.05, 0) is 39.1 Å². The lowest BCUT2D eigenvalue weighted by atomic mass is 9.82. The van der Waals surface area contributed by atoms with Gasteiger partial charge in [-0.15, -0.1) is 0 Å². The van der Waals surface area contributed by atoms with E-state index in [1.54, 1.807) is 6.20 Å². The van der Waals surface area contributed by atoms with E-state index in [-0.39, 0.29) is 12.3 Å². The Morgan fingerprint density at radius 2 is 1.96 bits per heavy atom. The second kappa shape index (κ2) is 8.41. The Morgan fingerprint density at radius 3 is 2.57 bits per heavy atom. The molecule has 1 aromatic rings. The van der Waals surface area contributed by atoms with Gasteiger partial charge in [-0.3, -0.25) is 9.78 Å². The number of carbonyl (C=O) groups is 1. The molecule has 0 radical (unpaired) electrons. The fourth-order valence-corrected chi connectivity index (χ4v) is 3.08. The maximum absolute atomic E-state index is 12.8. The fraction of sp³-hybridized carbons (Fsp3) is 0.667. The molecular formula is C18H29N3O2. The summed E-state index contributed by atoms with van der Waals surface area (Å²) in [6, 6.07) is 5.75. The minimum Gasteiger partial charge on any atom is -0.389 e. The van der Waals surface area contributed by atoms with Gasteiger partial charge in [-0.25, -0.2) is 0 Å². The minimum absolute atomic E-state index is 0.0295. The largest absolute Gasteiger partial charge is 0.389 e. The van der Waals surface area contributed by atoms with Crippen LogP contribution in [0.2, 0.25) is 0 Å². The molecule has 128 valence electrons. The van der Waals surface area contributed by atoms with E-state index < -0.39 is 5.60 Å². The van der Waals surface area contributed by atoms with Crippen LogP contribution in [-0.2, 0) is 11.3 Å². The third-order valence-corrected chi connectivity index (χ3v) is 4.51. The molecule has 1 aliphatic carbocycles. The van der Waals surface area contributed by atoms with Crippen LogP contribution in [0.25, 0.3) is 0 Å². The fourth-order valence-electron chi connectivity index (χ4n) is 3.08. The molecule has 0 aromatic carbocycles. The first kappa shape index (κ1) is 17.9. The number of nitrogens with zero attached hydrogens (tertiary/aromatic N) is 3. The van der Waals surface area contributed by atoms with E-state index >= 15 is 0 Å². The van der Waals surface area contributed by atoms with Crippen LogP contribution in [0.4, 0.5) is 0 Å². The van der Waals surface area contributed by atoms with Crippen molar-refractivity contribution in [3.63, 3.8) is 0 Å². The van der Waals surface area contributed by atoms with Crippen molar-refractivity contribution < 1.29 is 9.90 Å². The lowest BCUT2D eigenvalue weighted by molar-refractivity contribution is -0.138. The van der Waals surface area contributed by atoms with Gasteiger partial charge in [0.15, 0.2) is 0 Å². The maximum Gasteiger partial charge on any atom is 0.225 e. The second-order valence-corrected chi connectivity index (χ2v) is 6.90. The molecule has 1 N–H and O–H groups in total. The molecule has 1 amide bonds. The number of hydrogen-bond acceptors (Lipinski definition) is 4. The predicted octanol–water partition coefficient (Wildman–Crippen LogP) is 2.06. The number of aliphatic hydroxyl groups is 1. The van der Waals surface area contributed by atoms with Crippen LogP contribution in [0.5, 0.6) is 0 Å². The van der Waals surface area contributed by atoms with Crippen molar-refractivity contribution in [3.8, 4) is 0 Å². The zero-order chi connectivity index (χ0) is 16.7. The molecule has 5 nitrogen and oxygen atoms in total. The van der Waals surface area contributed by atoms with Crippen molar-refractivity contribution in [2.75, 3.05) is 27.2 Å². The topological polar surface area (TPSA) is 56.7 Å². The average molecular weight is 319 g/mol. The van der Waals surface area contributed by atoms with Gasteiger partial charge in [0.25, 0.3) is 0 Å². The molecule has 1 heterocycles. The van der Waals surface area contributed by atoms with E-state index in [4.69, 9.17) is 0 Å². The Balaban J connectivity index is 2.01. The molecular weight excluding hydrogens is 290 g/mol. The van der Waals surface area contributed by atoms with Crippen molar-refractivity contribution in [1.82, 2.24) is 14.8 Å². The summed E-state index contributed by atoms with van der Waals surface area (Å²) in [5, 5.41) is 10.7. The number of amides is 1. The SMILES string of the molecule is CN(C)CCN(Cc1ccccn1)C(=O)CC1(O)CCCCC1. The lowest BCUT2D eigenvalue weighted by Crippen LogP contribution is -2.42. The molecule has 5 heteroatoms. The molecule has 1 aliphatic rings. The van der Waals surface area contributed by atoms with E-state index in [1.165, 1.54) is 0 Å². The van der Waals surface area contributed by atoms with Crippen molar-refractivity contribution in [2.24, 2.45) is 0 Å². The molecule has 0 saturated heterocycles. The lowest BCUT2D eigenvalue weighted by Gasteiger charge is -2.34. The highest BCUT2D eigenvalue weighted by Crippen LogP contribution is 2.31. The summed E-state index contributed by atoms with van der Waals surface area (Å²) < 4.78 is 0. The van der Waals surface area contributed by atoms with Gasteiger partial charge in [0, 0.05) is 19.3 Å². The van der Waals surface area contributed by atoms with Crippen molar-refractivity contribution >= 4 is 5.91 Å². The normalized spacial score (nSPS) is 17.2. The summed E-state index contributed by atoms with van der Waals surface area (Å²) in [7, 11) is 4.00. The monoisotopic (exact) mass is 319 g/mol. The third-order valence-electron chi connectivity index (χ3n) is 4.51. The van der Waals surface area contributed by atoms with E-state index in [0.29, 0.717) is 13.1 Å². The molecule has 0 unspecified atom stereocenters. The first-order chi connectivity index (χ1) is 11.0. The Bertz CT molecular complexity index is 484. The molecule has 0 spiro atoms. The number of hydrogen-bond donors (Lipinski definition) is 1. The molecule has 1 saturated carbocycles. The number of aromatic nitrogens is 1. The molecule has 1 fully saturated rings. The van der Waals surface area contributed by atoms with Gasteiger partial charge in [-0.1, -0.05) is 25.3 Å².